The molecule has 0 fully saturated rings. The predicted octanol–water partition coefficient (Wildman–Crippen LogP) is 0.123. The van der Waals surface area contributed by atoms with Gasteiger partial charge in [-0.1, -0.05) is 17.7 Å². The predicted molar refractivity (Wildman–Crippen MR) is 65.1 cm³/mol. The van der Waals surface area contributed by atoms with Gasteiger partial charge in [0.15, 0.2) is 0 Å². The molecule has 1 aromatic rings. The molecule has 0 aliphatic carbocycles. The van der Waals surface area contributed by atoms with Crippen molar-refractivity contribution in [2.45, 2.75) is 11.8 Å². The Kier molecular flexibility index (Phi) is 5.19. The Morgan fingerprint density at radius 1 is 1.28 bits per heavy atom. The summed E-state index contributed by atoms with van der Waals surface area (Å²) >= 11 is -0.894. The zero-order valence-electron chi connectivity index (χ0n) is 9.44. The molecule has 0 unspecified atom stereocenters. The number of nitrogens with zero attached hydrogens (tertiary/aromatic N) is 1. The van der Waals surface area contributed by atoms with E-state index in [9.17, 15) is 13.0 Å². The van der Waals surface area contributed by atoms with Gasteiger partial charge in [0.2, 0.25) is 0 Å². The zero-order valence-corrected chi connectivity index (χ0v) is 13.1. The van der Waals surface area contributed by atoms with Crippen molar-refractivity contribution in [2.75, 3.05) is 0 Å². The van der Waals surface area contributed by atoms with Crippen LogP contribution in [-0.2, 0) is 10.1 Å². The molecule has 0 radical (unpaired) electrons. The van der Waals surface area contributed by atoms with Crippen LogP contribution in [0.15, 0.2) is 39.3 Å². The van der Waals surface area contributed by atoms with Gasteiger partial charge in [0.25, 0.3) is 0 Å². The van der Waals surface area contributed by atoms with E-state index in [1.807, 2.05) is 10.9 Å². The number of aliphatic hydroxyl groups is 1. The first-order valence-electron chi connectivity index (χ1n) is 4.81. The molecule has 0 saturated carbocycles. The number of aryl methyl sites for hydroxylation is 1. The molecule has 2 rings (SSSR count). The van der Waals surface area contributed by atoms with Gasteiger partial charge in [-0.25, -0.2) is 8.42 Å². The van der Waals surface area contributed by atoms with Gasteiger partial charge in [-0.2, -0.15) is 0 Å². The molecule has 1 heterocycles. The third-order valence-corrected chi connectivity index (χ3v) is 5.06. The van der Waals surface area contributed by atoms with E-state index in [0.29, 0.717) is 0 Å². The molecular formula is C10H12NO5SSb. The minimum absolute atomic E-state index is 0.00778. The second kappa shape index (κ2) is 6.22. The molecule has 1 aromatic carbocycles. The van der Waals surface area contributed by atoms with Gasteiger partial charge in [0.05, 0.1) is 4.90 Å². The molecule has 0 bridgehead atoms. The molecule has 0 amide bonds. The first-order chi connectivity index (χ1) is 8.30. The van der Waals surface area contributed by atoms with E-state index in [1.54, 1.807) is 12.1 Å². The van der Waals surface area contributed by atoms with E-state index in [1.165, 1.54) is 18.2 Å². The molecule has 0 saturated heterocycles. The first kappa shape index (κ1) is 15.0. The number of hydrogen-bond acceptors (Lipinski definition) is 4. The van der Waals surface area contributed by atoms with E-state index in [4.69, 9.17) is 10.3 Å². The summed E-state index contributed by atoms with van der Waals surface area (Å²) in [6.07, 6.45) is 1.52. The van der Waals surface area contributed by atoms with Crippen LogP contribution in [0.25, 0.3) is 0 Å². The van der Waals surface area contributed by atoms with E-state index in [2.05, 4.69) is 0 Å². The number of aliphatic hydroxyl groups excluding tert-OH is 1. The quantitative estimate of drug-likeness (QED) is 0.410. The Morgan fingerprint density at radius 2 is 1.83 bits per heavy atom. The summed E-state index contributed by atoms with van der Waals surface area (Å²) < 4.78 is 33.9. The molecule has 0 spiro atoms. The SMILES string of the molecule is Cc1ccc(S(=O)(=O)[O-])cc1.OC1=[N+](O)[SbH][CH]=C1. The minimum atomic E-state index is -4.27. The number of hydrogen-bond donors (Lipinski definition) is 2. The van der Waals surface area contributed by atoms with E-state index in [-0.39, 0.29) is 10.8 Å². The Bertz CT molecular complexity index is 577. The van der Waals surface area contributed by atoms with Gasteiger partial charge in [-0.3, -0.25) is 0 Å². The van der Waals surface area contributed by atoms with Crippen LogP contribution in [0, 0.1) is 6.92 Å². The van der Waals surface area contributed by atoms with Gasteiger partial charge < -0.3 is 4.55 Å². The molecule has 1 aliphatic rings. The average molecular weight is 380 g/mol. The summed E-state index contributed by atoms with van der Waals surface area (Å²) in [5.74, 6) is -0.00778. The Balaban J connectivity index is 0.000000199. The maximum absolute atomic E-state index is 10.4. The molecule has 8 heteroatoms. The molecule has 0 aromatic heterocycles. The second-order valence-electron chi connectivity index (χ2n) is 3.40. The summed E-state index contributed by atoms with van der Waals surface area (Å²) in [5.41, 5.74) is 0.928. The monoisotopic (exact) mass is 379 g/mol. The van der Waals surface area contributed by atoms with Crippen molar-refractivity contribution in [3.63, 3.8) is 0 Å². The summed E-state index contributed by atoms with van der Waals surface area (Å²) in [6.45, 7) is 1.82. The summed E-state index contributed by atoms with van der Waals surface area (Å²) in [6, 6.07) is 5.78. The molecule has 0 atom stereocenters. The van der Waals surface area contributed by atoms with Crippen LogP contribution in [-0.4, -0.2) is 54.0 Å². The van der Waals surface area contributed by atoms with Gasteiger partial charge in [0.1, 0.15) is 10.1 Å². The first-order valence-corrected chi connectivity index (χ1v) is 9.14. The van der Waals surface area contributed by atoms with Crippen molar-refractivity contribution in [3.05, 3.63) is 39.9 Å². The van der Waals surface area contributed by atoms with Crippen molar-refractivity contribution >= 4 is 37.9 Å². The van der Waals surface area contributed by atoms with Crippen molar-refractivity contribution in [1.29, 1.82) is 0 Å². The Labute approximate surface area is 115 Å². The van der Waals surface area contributed by atoms with E-state index < -0.39 is 32.0 Å². The Hall–Kier alpha value is -1.04. The molecule has 1 aliphatic heterocycles. The summed E-state index contributed by atoms with van der Waals surface area (Å²) in [5, 5.41) is 17.1. The van der Waals surface area contributed by atoms with Crippen LogP contribution in [0.5, 0.6) is 0 Å². The fourth-order valence-electron chi connectivity index (χ4n) is 1.02. The summed E-state index contributed by atoms with van der Waals surface area (Å²) in [4.78, 5) is -0.178. The van der Waals surface area contributed by atoms with Crippen LogP contribution in [0.2, 0.25) is 0 Å². The molecular weight excluding hydrogens is 368 g/mol. The fraction of sp³-hybridized carbons (Fsp3) is 0.100. The van der Waals surface area contributed by atoms with Crippen LogP contribution in [0.1, 0.15) is 5.56 Å². The van der Waals surface area contributed by atoms with Crippen LogP contribution in [0.4, 0.5) is 0 Å². The van der Waals surface area contributed by atoms with Crippen molar-refractivity contribution in [1.82, 2.24) is 0 Å². The van der Waals surface area contributed by atoms with E-state index in [0.717, 1.165) is 8.46 Å². The third kappa shape index (κ3) is 4.68. The van der Waals surface area contributed by atoms with Gasteiger partial charge in [0, 0.05) is 0 Å². The standard InChI is InChI=1S/C7H8O3S.C3H4NO2.Sb.H/c1-6-2-4-7(5-3-6)11(8,9)10;1-2-3(5)4-6;;/h2-5H,1H3,(H,8,9,10);1-2,6H,(H,4,5);;/q;;+1;/p-1. The normalized spacial score (nSPS) is 14.3. The number of rotatable bonds is 1. The molecule has 2 N–H and O–H groups in total. The maximum atomic E-state index is 10.4. The van der Waals surface area contributed by atoms with Crippen molar-refractivity contribution < 1.29 is 26.2 Å². The van der Waals surface area contributed by atoms with Crippen molar-refractivity contribution in [3.8, 4) is 0 Å². The zero-order chi connectivity index (χ0) is 13.8. The van der Waals surface area contributed by atoms with Crippen molar-refractivity contribution in [2.24, 2.45) is 0 Å². The van der Waals surface area contributed by atoms with Crippen LogP contribution >= 0.6 is 0 Å². The average Bonchev–Trinajstić information content (AvgIpc) is 2.63. The van der Waals surface area contributed by atoms with Gasteiger partial charge in [-0.05, 0) is 19.1 Å². The van der Waals surface area contributed by atoms with Crippen LogP contribution in [0.3, 0.4) is 0 Å². The molecule has 98 valence electrons. The number of benzene rings is 1. The van der Waals surface area contributed by atoms with Gasteiger partial charge >= 0.3 is 51.1 Å². The Morgan fingerprint density at radius 3 is 2.11 bits per heavy atom. The van der Waals surface area contributed by atoms with E-state index >= 15 is 0 Å². The second-order valence-corrected chi connectivity index (χ2v) is 7.68. The van der Waals surface area contributed by atoms with Gasteiger partial charge in [-0.15, -0.1) is 0 Å². The molecule has 18 heavy (non-hydrogen) atoms. The topological polar surface area (TPSA) is 101 Å². The summed E-state index contributed by atoms with van der Waals surface area (Å²) in [7, 11) is -4.27. The third-order valence-electron chi connectivity index (χ3n) is 1.96. The van der Waals surface area contributed by atoms with Crippen LogP contribution < -0.4 is 0 Å². The molecule has 6 nitrogen and oxygen atoms in total. The fourth-order valence-corrected chi connectivity index (χ4v) is 3.12.